The SMILES string of the molecule is COc1ccc(C=CC(=O)OC2CCCCC2)c(OC)c1. The molecule has 0 saturated heterocycles. The molecule has 0 atom stereocenters. The summed E-state index contributed by atoms with van der Waals surface area (Å²) in [7, 11) is 3.19. The van der Waals surface area contributed by atoms with E-state index in [9.17, 15) is 4.79 Å². The summed E-state index contributed by atoms with van der Waals surface area (Å²) in [5.41, 5.74) is 0.818. The van der Waals surface area contributed by atoms with Gasteiger partial charge in [0.25, 0.3) is 0 Å². The lowest BCUT2D eigenvalue weighted by Gasteiger charge is -2.20. The van der Waals surface area contributed by atoms with Crippen LogP contribution in [0.15, 0.2) is 24.3 Å². The predicted molar refractivity (Wildman–Crippen MR) is 81.5 cm³/mol. The van der Waals surface area contributed by atoms with E-state index in [1.54, 1.807) is 26.4 Å². The monoisotopic (exact) mass is 290 g/mol. The van der Waals surface area contributed by atoms with Crippen LogP contribution in [0.3, 0.4) is 0 Å². The number of carbonyl (C=O) groups excluding carboxylic acids is 1. The zero-order chi connectivity index (χ0) is 15.1. The van der Waals surface area contributed by atoms with Crippen LogP contribution >= 0.6 is 0 Å². The second-order valence-electron chi connectivity index (χ2n) is 5.14. The Hall–Kier alpha value is -1.97. The Balaban J connectivity index is 1.97. The maximum atomic E-state index is 11.8. The molecule has 4 nitrogen and oxygen atoms in total. The number of methoxy groups -OCH3 is 2. The van der Waals surface area contributed by atoms with E-state index in [1.807, 2.05) is 12.1 Å². The molecule has 0 aromatic heterocycles. The van der Waals surface area contributed by atoms with Gasteiger partial charge in [-0.3, -0.25) is 0 Å². The van der Waals surface area contributed by atoms with Crippen LogP contribution in [0, 0.1) is 0 Å². The number of rotatable bonds is 5. The fourth-order valence-electron chi connectivity index (χ4n) is 2.50. The maximum Gasteiger partial charge on any atom is 0.331 e. The summed E-state index contributed by atoms with van der Waals surface area (Å²) >= 11 is 0. The molecule has 0 N–H and O–H groups in total. The van der Waals surface area contributed by atoms with Crippen LogP contribution in [0.4, 0.5) is 0 Å². The normalized spacial score (nSPS) is 15.9. The van der Waals surface area contributed by atoms with Crippen molar-refractivity contribution < 1.29 is 19.0 Å². The van der Waals surface area contributed by atoms with E-state index in [4.69, 9.17) is 14.2 Å². The lowest BCUT2D eigenvalue weighted by Crippen LogP contribution is -2.19. The molecular weight excluding hydrogens is 268 g/mol. The summed E-state index contributed by atoms with van der Waals surface area (Å²) in [6.45, 7) is 0. The minimum Gasteiger partial charge on any atom is -0.497 e. The van der Waals surface area contributed by atoms with E-state index in [0.717, 1.165) is 31.2 Å². The highest BCUT2D eigenvalue weighted by Gasteiger charge is 2.16. The number of hydrogen-bond donors (Lipinski definition) is 0. The van der Waals surface area contributed by atoms with Crippen LogP contribution in [0.25, 0.3) is 6.08 Å². The largest absolute Gasteiger partial charge is 0.497 e. The van der Waals surface area contributed by atoms with Gasteiger partial charge in [-0.15, -0.1) is 0 Å². The molecule has 1 aromatic carbocycles. The third-order valence-corrected chi connectivity index (χ3v) is 3.67. The number of ether oxygens (including phenoxy) is 3. The average Bonchev–Trinajstić information content (AvgIpc) is 2.53. The highest BCUT2D eigenvalue weighted by molar-refractivity contribution is 5.87. The third kappa shape index (κ3) is 4.52. The van der Waals surface area contributed by atoms with Gasteiger partial charge in [0, 0.05) is 17.7 Å². The fraction of sp³-hybridized carbons (Fsp3) is 0.471. The van der Waals surface area contributed by atoms with Crippen molar-refractivity contribution in [2.45, 2.75) is 38.2 Å². The molecule has 0 spiro atoms. The van der Waals surface area contributed by atoms with Crippen molar-refractivity contribution in [3.05, 3.63) is 29.8 Å². The predicted octanol–water partition coefficient (Wildman–Crippen LogP) is 3.59. The Morgan fingerprint density at radius 2 is 1.90 bits per heavy atom. The number of esters is 1. The van der Waals surface area contributed by atoms with E-state index < -0.39 is 0 Å². The minimum atomic E-state index is -0.292. The topological polar surface area (TPSA) is 44.8 Å². The van der Waals surface area contributed by atoms with Gasteiger partial charge in [-0.2, -0.15) is 0 Å². The summed E-state index contributed by atoms with van der Waals surface area (Å²) in [4.78, 5) is 11.8. The zero-order valence-corrected chi connectivity index (χ0v) is 12.6. The Kier molecular flexibility index (Phi) is 5.67. The highest BCUT2D eigenvalue weighted by atomic mass is 16.5. The number of hydrogen-bond acceptors (Lipinski definition) is 4. The van der Waals surface area contributed by atoms with Crippen molar-refractivity contribution in [2.75, 3.05) is 14.2 Å². The lowest BCUT2D eigenvalue weighted by molar-refractivity contribution is -0.144. The second kappa shape index (κ2) is 7.72. The van der Waals surface area contributed by atoms with Crippen LogP contribution < -0.4 is 9.47 Å². The van der Waals surface area contributed by atoms with Gasteiger partial charge in [0.05, 0.1) is 14.2 Å². The van der Waals surface area contributed by atoms with Crippen LogP contribution in [0.2, 0.25) is 0 Å². The third-order valence-electron chi connectivity index (χ3n) is 3.67. The van der Waals surface area contributed by atoms with Gasteiger partial charge in [0.1, 0.15) is 17.6 Å². The highest BCUT2D eigenvalue weighted by Crippen LogP contribution is 2.26. The van der Waals surface area contributed by atoms with Crippen molar-refractivity contribution >= 4 is 12.0 Å². The summed E-state index contributed by atoms with van der Waals surface area (Å²) in [5.74, 6) is 1.09. The zero-order valence-electron chi connectivity index (χ0n) is 12.6. The lowest BCUT2D eigenvalue weighted by atomic mass is 9.98. The maximum absolute atomic E-state index is 11.8. The summed E-state index contributed by atoms with van der Waals surface area (Å²) in [6.07, 6.45) is 8.74. The Morgan fingerprint density at radius 1 is 1.14 bits per heavy atom. The molecule has 0 heterocycles. The Labute approximate surface area is 125 Å². The molecule has 21 heavy (non-hydrogen) atoms. The molecule has 0 aliphatic heterocycles. The standard InChI is InChI=1S/C17H22O4/c1-19-15-10-8-13(16(12-15)20-2)9-11-17(18)21-14-6-4-3-5-7-14/h8-12,14H,3-7H2,1-2H3. The van der Waals surface area contributed by atoms with E-state index in [2.05, 4.69) is 0 Å². The van der Waals surface area contributed by atoms with E-state index in [0.29, 0.717) is 11.5 Å². The van der Waals surface area contributed by atoms with Gasteiger partial charge < -0.3 is 14.2 Å². The first kappa shape index (κ1) is 15.4. The van der Waals surface area contributed by atoms with Gasteiger partial charge in [0.2, 0.25) is 0 Å². The Morgan fingerprint density at radius 3 is 2.57 bits per heavy atom. The second-order valence-corrected chi connectivity index (χ2v) is 5.14. The van der Waals surface area contributed by atoms with Crippen molar-refractivity contribution in [1.82, 2.24) is 0 Å². The van der Waals surface area contributed by atoms with E-state index >= 15 is 0 Å². The quantitative estimate of drug-likeness (QED) is 0.614. The molecule has 1 aliphatic rings. The number of benzene rings is 1. The first-order chi connectivity index (χ1) is 10.2. The Bertz CT molecular complexity index is 502. The molecule has 0 bridgehead atoms. The van der Waals surface area contributed by atoms with Crippen molar-refractivity contribution in [3.63, 3.8) is 0 Å². The summed E-state index contributed by atoms with van der Waals surface area (Å²) in [5, 5.41) is 0. The molecule has 0 unspecified atom stereocenters. The van der Waals surface area contributed by atoms with Gasteiger partial charge in [0.15, 0.2) is 0 Å². The molecule has 1 saturated carbocycles. The smallest absolute Gasteiger partial charge is 0.331 e. The van der Waals surface area contributed by atoms with Crippen LogP contribution in [-0.2, 0) is 9.53 Å². The minimum absolute atomic E-state index is 0.0775. The molecule has 1 aliphatic carbocycles. The summed E-state index contributed by atoms with van der Waals surface area (Å²) < 4.78 is 15.9. The average molecular weight is 290 g/mol. The van der Waals surface area contributed by atoms with Gasteiger partial charge in [-0.25, -0.2) is 4.79 Å². The fourth-order valence-corrected chi connectivity index (χ4v) is 2.50. The van der Waals surface area contributed by atoms with Gasteiger partial charge in [-0.1, -0.05) is 6.42 Å². The van der Waals surface area contributed by atoms with Crippen molar-refractivity contribution in [2.24, 2.45) is 0 Å². The van der Waals surface area contributed by atoms with Crippen molar-refractivity contribution in [3.8, 4) is 11.5 Å². The van der Waals surface area contributed by atoms with Crippen LogP contribution in [-0.4, -0.2) is 26.3 Å². The molecule has 0 radical (unpaired) electrons. The first-order valence-corrected chi connectivity index (χ1v) is 7.33. The number of carbonyl (C=O) groups is 1. The molecule has 1 aromatic rings. The molecule has 1 fully saturated rings. The van der Waals surface area contributed by atoms with Gasteiger partial charge in [-0.05, 0) is 43.9 Å². The molecule has 2 rings (SSSR count). The first-order valence-electron chi connectivity index (χ1n) is 7.33. The molecule has 114 valence electrons. The van der Waals surface area contributed by atoms with Gasteiger partial charge >= 0.3 is 5.97 Å². The van der Waals surface area contributed by atoms with Crippen LogP contribution in [0.1, 0.15) is 37.7 Å². The van der Waals surface area contributed by atoms with E-state index in [-0.39, 0.29) is 12.1 Å². The van der Waals surface area contributed by atoms with Crippen molar-refractivity contribution in [1.29, 1.82) is 0 Å². The molecular formula is C17H22O4. The van der Waals surface area contributed by atoms with E-state index in [1.165, 1.54) is 12.5 Å². The molecule has 4 heteroatoms. The molecule has 0 amide bonds. The van der Waals surface area contributed by atoms with Crippen LogP contribution in [0.5, 0.6) is 11.5 Å². The summed E-state index contributed by atoms with van der Waals surface area (Å²) in [6, 6.07) is 5.46.